The lowest BCUT2D eigenvalue weighted by atomic mass is 10.1. The highest BCUT2D eigenvalue weighted by atomic mass is 16.5. The maximum Gasteiger partial charge on any atom is 0.323 e. The van der Waals surface area contributed by atoms with E-state index in [1.54, 1.807) is 25.6 Å². The average molecular weight is 373 g/mol. The molecule has 2 aromatic carbocycles. The molecule has 0 saturated carbocycles. The Hall–Kier alpha value is -3.87. The van der Waals surface area contributed by atoms with Crippen molar-refractivity contribution < 1.29 is 9.53 Å². The number of nitrogens with one attached hydrogen (secondary N) is 3. The van der Waals surface area contributed by atoms with Crippen LogP contribution in [0.25, 0.3) is 22.3 Å². The second-order valence-corrected chi connectivity index (χ2v) is 6.31. The van der Waals surface area contributed by atoms with Crippen LogP contribution in [-0.2, 0) is 0 Å². The van der Waals surface area contributed by atoms with Gasteiger partial charge in [-0.3, -0.25) is 0 Å². The number of nitrogens with zero attached hydrogens (tertiary/aromatic N) is 2. The Bertz CT molecular complexity index is 1140. The van der Waals surface area contributed by atoms with E-state index in [1.807, 2.05) is 49.5 Å². The molecule has 7 heteroatoms. The minimum absolute atomic E-state index is 0.327. The quantitative estimate of drug-likeness (QED) is 0.488. The molecule has 0 aliphatic heterocycles. The molecular weight excluding hydrogens is 354 g/mol. The molecule has 2 heterocycles. The molecule has 28 heavy (non-hydrogen) atoms. The van der Waals surface area contributed by atoms with E-state index in [9.17, 15) is 4.79 Å². The number of aromatic amines is 1. The first-order valence-electron chi connectivity index (χ1n) is 8.75. The first-order valence-corrected chi connectivity index (χ1v) is 8.75. The Morgan fingerprint density at radius 2 is 1.82 bits per heavy atom. The van der Waals surface area contributed by atoms with Crippen molar-refractivity contribution in [3.05, 3.63) is 66.6 Å². The van der Waals surface area contributed by atoms with Crippen LogP contribution in [0.3, 0.4) is 0 Å². The second kappa shape index (κ2) is 7.40. The normalized spacial score (nSPS) is 10.6. The lowest BCUT2D eigenvalue weighted by Gasteiger charge is -2.09. The van der Waals surface area contributed by atoms with E-state index in [0.29, 0.717) is 17.1 Å². The lowest BCUT2D eigenvalue weighted by molar-refractivity contribution is 0.262. The molecule has 7 nitrogen and oxygen atoms in total. The summed E-state index contributed by atoms with van der Waals surface area (Å²) in [6.07, 6.45) is 3.46. The van der Waals surface area contributed by atoms with Crippen LogP contribution in [0.2, 0.25) is 0 Å². The number of amides is 2. The van der Waals surface area contributed by atoms with Gasteiger partial charge in [0.2, 0.25) is 0 Å². The lowest BCUT2D eigenvalue weighted by Crippen LogP contribution is -2.19. The minimum Gasteiger partial charge on any atom is -0.497 e. The number of hydrogen-bond donors (Lipinski definition) is 3. The summed E-state index contributed by atoms with van der Waals surface area (Å²) in [5.74, 6) is 0.679. The molecule has 0 bridgehead atoms. The Balaban J connectivity index is 1.50. The van der Waals surface area contributed by atoms with Gasteiger partial charge in [-0.25, -0.2) is 14.8 Å². The van der Waals surface area contributed by atoms with Gasteiger partial charge >= 0.3 is 6.03 Å². The molecule has 4 rings (SSSR count). The number of benzene rings is 2. The molecule has 140 valence electrons. The molecule has 0 fully saturated rings. The van der Waals surface area contributed by atoms with Crippen molar-refractivity contribution in [2.24, 2.45) is 0 Å². The molecule has 0 atom stereocenters. The van der Waals surface area contributed by atoms with E-state index in [1.165, 1.54) is 0 Å². The largest absolute Gasteiger partial charge is 0.497 e. The number of anilines is 2. The van der Waals surface area contributed by atoms with E-state index in [2.05, 4.69) is 25.6 Å². The van der Waals surface area contributed by atoms with E-state index >= 15 is 0 Å². The third kappa shape index (κ3) is 3.50. The smallest absolute Gasteiger partial charge is 0.323 e. The molecule has 0 aliphatic carbocycles. The monoisotopic (exact) mass is 373 g/mol. The summed E-state index contributed by atoms with van der Waals surface area (Å²) >= 11 is 0. The number of H-pyrrole nitrogens is 1. The van der Waals surface area contributed by atoms with Gasteiger partial charge in [0.25, 0.3) is 0 Å². The summed E-state index contributed by atoms with van der Waals surface area (Å²) in [5.41, 5.74) is 5.04. The Morgan fingerprint density at radius 1 is 1.04 bits per heavy atom. The maximum absolute atomic E-state index is 12.2. The number of carbonyl (C=O) groups excluding carboxylic acids is 1. The number of hydrogen-bond acceptors (Lipinski definition) is 4. The summed E-state index contributed by atoms with van der Waals surface area (Å²) in [6.45, 7) is 2.02. The fourth-order valence-corrected chi connectivity index (χ4v) is 3.04. The highest BCUT2D eigenvalue weighted by Crippen LogP contribution is 2.28. The maximum atomic E-state index is 12.2. The van der Waals surface area contributed by atoms with Crippen molar-refractivity contribution in [1.82, 2.24) is 15.0 Å². The van der Waals surface area contributed by atoms with Crippen LogP contribution >= 0.6 is 0 Å². The number of aromatic nitrogens is 3. The third-order valence-corrected chi connectivity index (χ3v) is 4.41. The number of aryl methyl sites for hydroxylation is 1. The zero-order valence-corrected chi connectivity index (χ0v) is 15.5. The second-order valence-electron chi connectivity index (χ2n) is 6.31. The predicted octanol–water partition coefficient (Wildman–Crippen LogP) is 4.59. The Kier molecular flexibility index (Phi) is 4.63. The van der Waals surface area contributed by atoms with E-state index < -0.39 is 0 Å². The molecule has 4 aromatic rings. The molecule has 0 aliphatic rings. The molecule has 2 amide bonds. The van der Waals surface area contributed by atoms with Crippen LogP contribution in [-0.4, -0.2) is 28.1 Å². The van der Waals surface area contributed by atoms with E-state index in [-0.39, 0.29) is 6.03 Å². The first kappa shape index (κ1) is 17.5. The van der Waals surface area contributed by atoms with Crippen LogP contribution in [0.4, 0.5) is 16.2 Å². The van der Waals surface area contributed by atoms with Gasteiger partial charge in [0.05, 0.1) is 12.8 Å². The van der Waals surface area contributed by atoms with Crippen molar-refractivity contribution in [3.8, 4) is 17.0 Å². The van der Waals surface area contributed by atoms with Gasteiger partial charge in [0.1, 0.15) is 17.7 Å². The minimum atomic E-state index is -0.327. The predicted molar refractivity (Wildman–Crippen MR) is 110 cm³/mol. The summed E-state index contributed by atoms with van der Waals surface area (Å²) in [6, 6.07) is 14.4. The van der Waals surface area contributed by atoms with Gasteiger partial charge < -0.3 is 20.4 Å². The van der Waals surface area contributed by atoms with Gasteiger partial charge in [0.15, 0.2) is 0 Å². The number of fused-ring (bicyclic) bond motifs is 1. The molecular formula is C21H19N5O2. The molecule has 0 spiro atoms. The van der Waals surface area contributed by atoms with Crippen LogP contribution in [0.5, 0.6) is 5.75 Å². The fraction of sp³-hybridized carbons (Fsp3) is 0.0952. The van der Waals surface area contributed by atoms with Gasteiger partial charge in [-0.1, -0.05) is 18.2 Å². The van der Waals surface area contributed by atoms with Gasteiger partial charge in [-0.15, -0.1) is 0 Å². The fourth-order valence-electron chi connectivity index (χ4n) is 3.04. The number of carbonyl (C=O) groups is 1. The Morgan fingerprint density at radius 3 is 2.61 bits per heavy atom. The standard InChI is InChI=1S/C21H19N5O2/c1-13-11-22-20-18(13)19(23-12-24-20)14-6-8-15(9-7-14)25-21(27)26-16-4-3-5-17(10-16)28-2/h3-12H,1-2H3,(H,22,23,24)(H2,25,26,27). The summed E-state index contributed by atoms with van der Waals surface area (Å²) in [4.78, 5) is 24.1. The van der Waals surface area contributed by atoms with Gasteiger partial charge in [-0.05, 0) is 36.8 Å². The van der Waals surface area contributed by atoms with Crippen molar-refractivity contribution in [3.63, 3.8) is 0 Å². The molecule has 2 aromatic heterocycles. The average Bonchev–Trinajstić information content (AvgIpc) is 3.10. The number of rotatable bonds is 4. The van der Waals surface area contributed by atoms with Crippen LogP contribution in [0.1, 0.15) is 5.56 Å². The SMILES string of the molecule is COc1cccc(NC(=O)Nc2ccc(-c3ncnc4[nH]cc(C)c34)cc2)c1. The van der Waals surface area contributed by atoms with Crippen molar-refractivity contribution >= 4 is 28.4 Å². The zero-order chi connectivity index (χ0) is 19.5. The van der Waals surface area contributed by atoms with Gasteiger partial charge in [-0.2, -0.15) is 0 Å². The number of urea groups is 1. The Labute approximate surface area is 161 Å². The molecule has 0 unspecified atom stereocenters. The molecule has 3 N–H and O–H groups in total. The summed E-state index contributed by atoms with van der Waals surface area (Å²) in [7, 11) is 1.58. The topological polar surface area (TPSA) is 91.9 Å². The van der Waals surface area contributed by atoms with Crippen molar-refractivity contribution in [1.29, 1.82) is 0 Å². The van der Waals surface area contributed by atoms with Crippen molar-refractivity contribution in [2.75, 3.05) is 17.7 Å². The molecule has 0 radical (unpaired) electrons. The first-order chi connectivity index (χ1) is 13.6. The summed E-state index contributed by atoms with van der Waals surface area (Å²) in [5, 5.41) is 6.60. The van der Waals surface area contributed by atoms with Crippen LogP contribution in [0, 0.1) is 6.92 Å². The number of ether oxygens (including phenoxy) is 1. The number of methoxy groups -OCH3 is 1. The zero-order valence-electron chi connectivity index (χ0n) is 15.5. The third-order valence-electron chi connectivity index (χ3n) is 4.41. The molecule has 0 saturated heterocycles. The van der Waals surface area contributed by atoms with Crippen molar-refractivity contribution in [2.45, 2.75) is 6.92 Å². The highest BCUT2D eigenvalue weighted by Gasteiger charge is 2.11. The van der Waals surface area contributed by atoms with E-state index in [4.69, 9.17) is 4.74 Å². The van der Waals surface area contributed by atoms with E-state index in [0.717, 1.165) is 27.9 Å². The highest BCUT2D eigenvalue weighted by molar-refractivity contribution is 6.00. The van der Waals surface area contributed by atoms with Crippen LogP contribution in [0.15, 0.2) is 61.1 Å². The summed E-state index contributed by atoms with van der Waals surface area (Å²) < 4.78 is 5.16. The van der Waals surface area contributed by atoms with Crippen LogP contribution < -0.4 is 15.4 Å². The van der Waals surface area contributed by atoms with Gasteiger partial charge in [0, 0.05) is 34.6 Å².